The summed E-state index contributed by atoms with van der Waals surface area (Å²) in [5.74, 6) is 0.226. The van der Waals surface area contributed by atoms with Crippen LogP contribution in [0.4, 0.5) is 5.69 Å². The number of hydrogen-bond acceptors (Lipinski definition) is 4. The molecule has 1 aromatic carbocycles. The smallest absolute Gasteiger partial charge is 0.262 e. The molecule has 3 rings (SSSR count). The standard InChI is InChI=1S/C14H18N2O4S/c1-10-4-2-3-7-16(10)21(18,19)11-5-6-13-12(8-11)15-14(17)9-20-13/h5-6,8,10H,2-4,7,9H2,1H3,(H,15,17). The Morgan fingerprint density at radius 3 is 2.90 bits per heavy atom. The lowest BCUT2D eigenvalue weighted by atomic mass is 10.1. The Labute approximate surface area is 124 Å². The van der Waals surface area contributed by atoms with E-state index in [1.54, 1.807) is 10.4 Å². The number of carbonyl (C=O) groups excluding carboxylic acids is 1. The van der Waals surface area contributed by atoms with Gasteiger partial charge in [-0.05, 0) is 38.0 Å². The first-order chi connectivity index (χ1) is 9.98. The van der Waals surface area contributed by atoms with Gasteiger partial charge in [0, 0.05) is 12.6 Å². The van der Waals surface area contributed by atoms with E-state index in [2.05, 4.69) is 5.32 Å². The van der Waals surface area contributed by atoms with Gasteiger partial charge in [0.25, 0.3) is 5.91 Å². The monoisotopic (exact) mass is 310 g/mol. The van der Waals surface area contributed by atoms with Gasteiger partial charge in [0.15, 0.2) is 6.61 Å². The summed E-state index contributed by atoms with van der Waals surface area (Å²) in [6, 6.07) is 4.61. The lowest BCUT2D eigenvalue weighted by Crippen LogP contribution is -2.42. The quantitative estimate of drug-likeness (QED) is 0.900. The molecule has 2 aliphatic rings. The third-order valence-corrected chi connectivity index (χ3v) is 5.94. The van der Waals surface area contributed by atoms with E-state index < -0.39 is 10.0 Å². The minimum atomic E-state index is -3.54. The number of piperidine rings is 1. The maximum Gasteiger partial charge on any atom is 0.262 e. The van der Waals surface area contributed by atoms with Gasteiger partial charge in [-0.1, -0.05) is 6.42 Å². The molecule has 1 saturated heterocycles. The van der Waals surface area contributed by atoms with Crippen LogP contribution in [-0.2, 0) is 14.8 Å². The van der Waals surface area contributed by atoms with Crippen LogP contribution >= 0.6 is 0 Å². The van der Waals surface area contributed by atoms with Gasteiger partial charge in [0.05, 0.1) is 10.6 Å². The van der Waals surface area contributed by atoms with Crippen molar-refractivity contribution in [2.45, 2.75) is 37.1 Å². The molecular formula is C14H18N2O4S. The molecule has 1 fully saturated rings. The van der Waals surface area contributed by atoms with Crippen LogP contribution in [0.2, 0.25) is 0 Å². The molecule has 0 radical (unpaired) electrons. The highest BCUT2D eigenvalue weighted by molar-refractivity contribution is 7.89. The predicted molar refractivity (Wildman–Crippen MR) is 77.8 cm³/mol. The lowest BCUT2D eigenvalue weighted by molar-refractivity contribution is -0.118. The van der Waals surface area contributed by atoms with E-state index in [0.29, 0.717) is 18.0 Å². The van der Waals surface area contributed by atoms with Gasteiger partial charge in [-0.25, -0.2) is 8.42 Å². The number of amides is 1. The van der Waals surface area contributed by atoms with Crippen molar-refractivity contribution in [1.82, 2.24) is 4.31 Å². The van der Waals surface area contributed by atoms with Crippen molar-refractivity contribution in [3.05, 3.63) is 18.2 Å². The molecule has 1 N–H and O–H groups in total. The molecule has 1 amide bonds. The van der Waals surface area contributed by atoms with E-state index in [1.807, 2.05) is 6.92 Å². The molecule has 0 saturated carbocycles. The van der Waals surface area contributed by atoms with E-state index >= 15 is 0 Å². The summed E-state index contributed by atoms with van der Waals surface area (Å²) < 4.78 is 32.3. The van der Waals surface area contributed by atoms with Crippen LogP contribution in [0.3, 0.4) is 0 Å². The first-order valence-electron chi connectivity index (χ1n) is 7.07. The number of nitrogens with one attached hydrogen (secondary N) is 1. The number of carbonyl (C=O) groups is 1. The average Bonchev–Trinajstić information content (AvgIpc) is 2.46. The molecule has 2 aliphatic heterocycles. The fraction of sp³-hybridized carbons (Fsp3) is 0.500. The third-order valence-electron chi connectivity index (χ3n) is 3.93. The first kappa shape index (κ1) is 14.3. The first-order valence-corrected chi connectivity index (χ1v) is 8.51. The Hall–Kier alpha value is -1.60. The molecule has 7 heteroatoms. The molecule has 0 bridgehead atoms. The van der Waals surface area contributed by atoms with Crippen LogP contribution in [0.5, 0.6) is 5.75 Å². The predicted octanol–water partition coefficient (Wildman–Crippen LogP) is 1.58. The molecule has 114 valence electrons. The lowest BCUT2D eigenvalue weighted by Gasteiger charge is -2.32. The molecule has 2 heterocycles. The second kappa shape index (κ2) is 5.31. The van der Waals surface area contributed by atoms with Crippen molar-refractivity contribution in [2.75, 3.05) is 18.5 Å². The van der Waals surface area contributed by atoms with E-state index in [4.69, 9.17) is 4.74 Å². The molecular weight excluding hydrogens is 292 g/mol. The Morgan fingerprint density at radius 1 is 1.33 bits per heavy atom. The fourth-order valence-electron chi connectivity index (χ4n) is 2.79. The maximum atomic E-state index is 12.7. The summed E-state index contributed by atoms with van der Waals surface area (Å²) in [5, 5.41) is 2.64. The van der Waals surface area contributed by atoms with Crippen molar-refractivity contribution in [3.8, 4) is 5.75 Å². The summed E-state index contributed by atoms with van der Waals surface area (Å²) in [6.07, 6.45) is 2.82. The summed E-state index contributed by atoms with van der Waals surface area (Å²) >= 11 is 0. The van der Waals surface area contributed by atoms with Crippen LogP contribution < -0.4 is 10.1 Å². The fourth-order valence-corrected chi connectivity index (χ4v) is 4.51. The van der Waals surface area contributed by atoms with Crippen molar-refractivity contribution in [3.63, 3.8) is 0 Å². The number of sulfonamides is 1. The number of nitrogens with zero attached hydrogens (tertiary/aromatic N) is 1. The van der Waals surface area contributed by atoms with Crippen LogP contribution in [0.25, 0.3) is 0 Å². The van der Waals surface area contributed by atoms with Gasteiger partial charge in [-0.2, -0.15) is 4.31 Å². The van der Waals surface area contributed by atoms with Crippen molar-refractivity contribution in [2.24, 2.45) is 0 Å². The average molecular weight is 310 g/mol. The molecule has 1 atom stereocenters. The highest BCUT2D eigenvalue weighted by Crippen LogP contribution is 2.32. The number of benzene rings is 1. The van der Waals surface area contributed by atoms with E-state index in [9.17, 15) is 13.2 Å². The largest absolute Gasteiger partial charge is 0.482 e. The number of rotatable bonds is 2. The van der Waals surface area contributed by atoms with Gasteiger partial charge < -0.3 is 10.1 Å². The second-order valence-electron chi connectivity index (χ2n) is 5.46. The normalized spacial score (nSPS) is 23.1. The third kappa shape index (κ3) is 2.63. The van der Waals surface area contributed by atoms with Gasteiger partial charge in [-0.15, -0.1) is 0 Å². The van der Waals surface area contributed by atoms with Crippen molar-refractivity contribution in [1.29, 1.82) is 0 Å². The zero-order valence-corrected chi connectivity index (χ0v) is 12.6. The SMILES string of the molecule is CC1CCCCN1S(=O)(=O)c1ccc2c(c1)NC(=O)CO2. The molecule has 0 aromatic heterocycles. The number of ether oxygens (including phenoxy) is 1. The Balaban J connectivity index is 1.95. The van der Waals surface area contributed by atoms with Gasteiger partial charge in [0.1, 0.15) is 5.75 Å². The molecule has 0 aliphatic carbocycles. The maximum absolute atomic E-state index is 12.7. The minimum Gasteiger partial charge on any atom is -0.482 e. The van der Waals surface area contributed by atoms with Crippen LogP contribution in [0, 0.1) is 0 Å². The van der Waals surface area contributed by atoms with Gasteiger partial charge in [0.2, 0.25) is 10.0 Å². The number of hydrogen-bond donors (Lipinski definition) is 1. The number of fused-ring (bicyclic) bond motifs is 1. The van der Waals surface area contributed by atoms with E-state index in [-0.39, 0.29) is 23.5 Å². The minimum absolute atomic E-state index is 0.00521. The molecule has 0 spiro atoms. The van der Waals surface area contributed by atoms with Crippen LogP contribution in [0.1, 0.15) is 26.2 Å². The van der Waals surface area contributed by atoms with Gasteiger partial charge in [-0.3, -0.25) is 4.79 Å². The summed E-state index contributed by atoms with van der Waals surface area (Å²) in [5.41, 5.74) is 0.414. The molecule has 21 heavy (non-hydrogen) atoms. The topological polar surface area (TPSA) is 75.7 Å². The zero-order valence-electron chi connectivity index (χ0n) is 11.8. The summed E-state index contributed by atoms with van der Waals surface area (Å²) in [6.45, 7) is 2.44. The van der Waals surface area contributed by atoms with Crippen LogP contribution in [-0.4, -0.2) is 37.8 Å². The summed E-state index contributed by atoms with van der Waals surface area (Å²) in [4.78, 5) is 11.5. The van der Waals surface area contributed by atoms with Crippen molar-refractivity contribution >= 4 is 21.6 Å². The summed E-state index contributed by atoms with van der Waals surface area (Å²) in [7, 11) is -3.54. The molecule has 1 aromatic rings. The number of anilines is 1. The Morgan fingerprint density at radius 2 is 2.14 bits per heavy atom. The van der Waals surface area contributed by atoms with E-state index in [0.717, 1.165) is 19.3 Å². The zero-order chi connectivity index (χ0) is 15.0. The van der Waals surface area contributed by atoms with Crippen LogP contribution in [0.15, 0.2) is 23.1 Å². The van der Waals surface area contributed by atoms with E-state index in [1.165, 1.54) is 12.1 Å². The highest BCUT2D eigenvalue weighted by Gasteiger charge is 2.31. The highest BCUT2D eigenvalue weighted by atomic mass is 32.2. The van der Waals surface area contributed by atoms with Gasteiger partial charge >= 0.3 is 0 Å². The Kier molecular flexibility index (Phi) is 3.62. The molecule has 1 unspecified atom stereocenters. The molecule has 6 nitrogen and oxygen atoms in total. The second-order valence-corrected chi connectivity index (χ2v) is 7.35. The Bertz CT molecular complexity index is 672. The van der Waals surface area contributed by atoms with Crippen molar-refractivity contribution < 1.29 is 17.9 Å².